The molecule has 0 spiro atoms. The van der Waals surface area contributed by atoms with Crippen LogP contribution in [-0.4, -0.2) is 107 Å². The maximum atomic E-state index is 13.6. The van der Waals surface area contributed by atoms with Gasteiger partial charge >= 0.3 is 0 Å². The van der Waals surface area contributed by atoms with Gasteiger partial charge in [-0.05, 0) is 61.8 Å². The first-order chi connectivity index (χ1) is 19.8. The van der Waals surface area contributed by atoms with Crippen LogP contribution < -0.4 is 10.2 Å². The predicted molar refractivity (Wildman–Crippen MR) is 158 cm³/mol. The summed E-state index contributed by atoms with van der Waals surface area (Å²) < 4.78 is 0. The molecule has 2 bridgehead atoms. The molecule has 0 saturated carbocycles. The molecule has 5 heterocycles. The second kappa shape index (κ2) is 13.5. The lowest BCUT2D eigenvalue weighted by molar-refractivity contribution is -0.146. The molecule has 5 atom stereocenters. The van der Waals surface area contributed by atoms with Gasteiger partial charge in [-0.25, -0.2) is 9.97 Å². The highest BCUT2D eigenvalue weighted by atomic mass is 16.2. The Morgan fingerprint density at radius 2 is 1.78 bits per heavy atom. The molecular weight excluding hydrogens is 518 g/mol. The van der Waals surface area contributed by atoms with Crippen LogP contribution in [0.25, 0.3) is 0 Å². The monoisotopic (exact) mass is 567 g/mol. The summed E-state index contributed by atoms with van der Waals surface area (Å²) in [6.07, 6.45) is 9.10. The number of hydrogen-bond acceptors (Lipinski definition) is 7. The Morgan fingerprint density at radius 3 is 2.51 bits per heavy atom. The standard InChI is InChI=1S/C31H49N7O3/c1-22(2)26-9-8-23(3)16-29(40)38-19-24-17-25(27(38)6-4-7-28(39)34-26)20-37(18-24)30(41)21-35-12-14-36(15-13-35)31-32-10-5-11-33-31/h5,10-11,22-27H,4,6-9,12-21H2,1-3H3,(H,34,39)/t23-,24+,25-,26+,27+/m1/s1. The summed E-state index contributed by atoms with van der Waals surface area (Å²) in [4.78, 5) is 57.3. The summed E-state index contributed by atoms with van der Waals surface area (Å²) in [5, 5.41) is 3.27. The number of carbonyl (C=O) groups is 3. The Balaban J connectivity index is 1.19. The first-order valence-corrected chi connectivity index (χ1v) is 15.9. The van der Waals surface area contributed by atoms with E-state index in [-0.39, 0.29) is 41.6 Å². The lowest BCUT2D eigenvalue weighted by atomic mass is 9.77. The zero-order chi connectivity index (χ0) is 28.9. The van der Waals surface area contributed by atoms with E-state index < -0.39 is 0 Å². The number of aromatic nitrogens is 2. The van der Waals surface area contributed by atoms with E-state index in [0.717, 1.165) is 77.3 Å². The summed E-state index contributed by atoms with van der Waals surface area (Å²) in [5.74, 6) is 2.60. The van der Waals surface area contributed by atoms with Crippen molar-refractivity contribution in [2.75, 3.05) is 57.3 Å². The van der Waals surface area contributed by atoms with E-state index in [4.69, 9.17) is 0 Å². The van der Waals surface area contributed by atoms with Gasteiger partial charge in [0.1, 0.15) is 0 Å². The molecule has 4 fully saturated rings. The first-order valence-electron chi connectivity index (χ1n) is 15.9. The molecule has 41 heavy (non-hydrogen) atoms. The molecule has 3 amide bonds. The van der Waals surface area contributed by atoms with Crippen molar-refractivity contribution in [3.8, 4) is 0 Å². The Bertz CT molecular complexity index is 1050. The number of anilines is 1. The number of hydrogen-bond donors (Lipinski definition) is 1. The van der Waals surface area contributed by atoms with Gasteiger partial charge in [0, 0.05) is 83.1 Å². The largest absolute Gasteiger partial charge is 0.353 e. The van der Waals surface area contributed by atoms with Gasteiger partial charge in [0.25, 0.3) is 0 Å². The second-order valence-electron chi connectivity index (χ2n) is 13.3. The smallest absolute Gasteiger partial charge is 0.236 e. The molecule has 0 aromatic carbocycles. The minimum Gasteiger partial charge on any atom is -0.353 e. The van der Waals surface area contributed by atoms with E-state index in [1.165, 1.54) is 0 Å². The summed E-state index contributed by atoms with van der Waals surface area (Å²) in [6.45, 7) is 12.3. The van der Waals surface area contributed by atoms with Gasteiger partial charge in [-0.2, -0.15) is 0 Å². The van der Waals surface area contributed by atoms with Gasteiger partial charge in [0.15, 0.2) is 0 Å². The van der Waals surface area contributed by atoms with E-state index in [9.17, 15) is 14.4 Å². The Morgan fingerprint density at radius 1 is 1.02 bits per heavy atom. The summed E-state index contributed by atoms with van der Waals surface area (Å²) in [6, 6.07) is 2.09. The van der Waals surface area contributed by atoms with Crippen LogP contribution in [0.4, 0.5) is 5.95 Å². The van der Waals surface area contributed by atoms with Gasteiger partial charge in [-0.15, -0.1) is 0 Å². The molecule has 4 aliphatic heterocycles. The molecule has 226 valence electrons. The summed E-state index contributed by atoms with van der Waals surface area (Å²) >= 11 is 0. The fourth-order valence-electron chi connectivity index (χ4n) is 7.36. The van der Waals surface area contributed by atoms with Gasteiger partial charge < -0.3 is 20.0 Å². The van der Waals surface area contributed by atoms with Crippen molar-refractivity contribution in [2.45, 2.75) is 77.8 Å². The Kier molecular flexibility index (Phi) is 9.78. The van der Waals surface area contributed by atoms with Crippen molar-refractivity contribution in [3.63, 3.8) is 0 Å². The van der Waals surface area contributed by atoms with E-state index in [1.807, 2.05) is 6.07 Å². The molecule has 0 unspecified atom stereocenters. The van der Waals surface area contributed by atoms with Crippen molar-refractivity contribution in [2.24, 2.45) is 23.7 Å². The van der Waals surface area contributed by atoms with Gasteiger partial charge in [0.2, 0.25) is 23.7 Å². The van der Waals surface area contributed by atoms with Crippen LogP contribution >= 0.6 is 0 Å². The number of nitrogens with one attached hydrogen (secondary N) is 1. The first kappa shape index (κ1) is 29.7. The number of likely N-dealkylation sites (tertiary alicyclic amines) is 1. The third kappa shape index (κ3) is 7.56. The van der Waals surface area contributed by atoms with Crippen molar-refractivity contribution >= 4 is 23.7 Å². The number of rotatable bonds is 4. The third-order valence-electron chi connectivity index (χ3n) is 9.76. The highest BCUT2D eigenvalue weighted by molar-refractivity contribution is 5.79. The molecule has 0 aliphatic carbocycles. The second-order valence-corrected chi connectivity index (χ2v) is 13.3. The quantitative estimate of drug-likeness (QED) is 0.596. The molecular formula is C31H49N7O3. The van der Waals surface area contributed by atoms with Crippen LogP contribution in [0.3, 0.4) is 0 Å². The van der Waals surface area contributed by atoms with Crippen LogP contribution in [0.2, 0.25) is 0 Å². The molecule has 4 aliphatic rings. The number of piperazine rings is 1. The molecule has 1 N–H and O–H groups in total. The van der Waals surface area contributed by atoms with Gasteiger partial charge in [-0.1, -0.05) is 20.8 Å². The van der Waals surface area contributed by atoms with Crippen LogP contribution in [-0.2, 0) is 14.4 Å². The van der Waals surface area contributed by atoms with Gasteiger partial charge in [0.05, 0.1) is 6.54 Å². The van der Waals surface area contributed by atoms with E-state index in [1.54, 1.807) is 12.4 Å². The van der Waals surface area contributed by atoms with Crippen molar-refractivity contribution in [1.29, 1.82) is 0 Å². The minimum atomic E-state index is 0.102. The zero-order valence-electron chi connectivity index (χ0n) is 25.2. The Hall–Kier alpha value is -2.75. The van der Waals surface area contributed by atoms with Crippen molar-refractivity contribution < 1.29 is 14.4 Å². The molecule has 1 aromatic rings. The molecule has 10 heteroatoms. The van der Waals surface area contributed by atoms with E-state index in [2.05, 4.69) is 55.7 Å². The predicted octanol–water partition coefficient (Wildman–Crippen LogP) is 2.41. The maximum Gasteiger partial charge on any atom is 0.236 e. The average Bonchev–Trinajstić information content (AvgIpc) is 2.97. The highest BCUT2D eigenvalue weighted by Crippen LogP contribution is 2.36. The number of fused-ring (bicyclic) bond motifs is 4. The highest BCUT2D eigenvalue weighted by Gasteiger charge is 2.43. The average molecular weight is 568 g/mol. The zero-order valence-corrected chi connectivity index (χ0v) is 25.2. The maximum absolute atomic E-state index is 13.6. The molecule has 5 rings (SSSR count). The van der Waals surface area contributed by atoms with Crippen LogP contribution in [0, 0.1) is 23.7 Å². The normalized spacial score (nSPS) is 30.6. The Labute approximate surface area is 245 Å². The molecule has 4 saturated heterocycles. The number of carbonyl (C=O) groups excluding carboxylic acids is 3. The minimum absolute atomic E-state index is 0.102. The van der Waals surface area contributed by atoms with Crippen LogP contribution in [0.5, 0.6) is 0 Å². The van der Waals surface area contributed by atoms with Crippen molar-refractivity contribution in [1.82, 2.24) is 30.0 Å². The third-order valence-corrected chi connectivity index (χ3v) is 9.76. The fraction of sp³-hybridized carbons (Fsp3) is 0.774. The summed E-state index contributed by atoms with van der Waals surface area (Å²) in [7, 11) is 0. The van der Waals surface area contributed by atoms with E-state index >= 15 is 0 Å². The molecule has 1 aromatic heterocycles. The SMILES string of the molecule is CC(C)[C@@H]1CC[C@@H](C)CC(=O)N2C[C@H]3C[C@H](CN(C(=O)CN4CCN(c5ncccn5)CC4)C3)[C@@H]2CCCC(=O)N1. The molecule has 10 nitrogen and oxygen atoms in total. The number of piperidine rings is 2. The lowest BCUT2D eigenvalue weighted by Crippen LogP contribution is -2.61. The number of nitrogens with zero attached hydrogens (tertiary/aromatic N) is 6. The van der Waals surface area contributed by atoms with Crippen molar-refractivity contribution in [3.05, 3.63) is 18.5 Å². The van der Waals surface area contributed by atoms with Crippen LogP contribution in [0.1, 0.15) is 65.7 Å². The van der Waals surface area contributed by atoms with E-state index in [0.29, 0.717) is 37.8 Å². The molecule has 0 radical (unpaired) electrons. The fourth-order valence-corrected chi connectivity index (χ4v) is 7.36. The van der Waals surface area contributed by atoms with Gasteiger partial charge in [-0.3, -0.25) is 19.3 Å². The lowest BCUT2D eigenvalue weighted by Gasteiger charge is -2.51. The summed E-state index contributed by atoms with van der Waals surface area (Å²) in [5.41, 5.74) is 0. The topological polar surface area (TPSA) is 102 Å². The number of amides is 3. The van der Waals surface area contributed by atoms with Crippen LogP contribution in [0.15, 0.2) is 18.5 Å².